The van der Waals surface area contributed by atoms with Crippen LogP contribution in [0.1, 0.15) is 13.8 Å². The summed E-state index contributed by atoms with van der Waals surface area (Å²) in [5, 5.41) is 9.29. The van der Waals surface area contributed by atoms with Crippen LogP contribution in [0.5, 0.6) is 0 Å². The molecule has 0 aromatic carbocycles. The summed E-state index contributed by atoms with van der Waals surface area (Å²) < 4.78 is 9.77. The Morgan fingerprint density at radius 1 is 1.85 bits per heavy atom. The van der Waals surface area contributed by atoms with Gasteiger partial charge in [0.25, 0.3) is 0 Å². The molecule has 0 aliphatic carbocycles. The van der Waals surface area contributed by atoms with Crippen molar-refractivity contribution in [2.45, 2.75) is 26.3 Å². The van der Waals surface area contributed by atoms with Crippen molar-refractivity contribution in [1.82, 2.24) is 4.90 Å². The molecule has 1 aliphatic heterocycles. The molecule has 1 fully saturated rings. The van der Waals surface area contributed by atoms with Crippen molar-refractivity contribution in [3.63, 3.8) is 0 Å². The summed E-state index contributed by atoms with van der Waals surface area (Å²) in [7, 11) is 0. The first-order valence-electron chi connectivity index (χ1n) is 4.30. The van der Waals surface area contributed by atoms with E-state index in [0.29, 0.717) is 19.8 Å². The highest BCUT2D eigenvalue weighted by molar-refractivity contribution is 5.65. The molecule has 1 aliphatic rings. The highest BCUT2D eigenvalue weighted by Gasteiger charge is 2.32. The molecule has 0 amide bonds. The normalized spacial score (nSPS) is 22.9. The van der Waals surface area contributed by atoms with E-state index in [1.807, 2.05) is 0 Å². The number of carbonyl (C=O) groups is 1. The van der Waals surface area contributed by atoms with Gasteiger partial charge in [-0.1, -0.05) is 0 Å². The summed E-state index contributed by atoms with van der Waals surface area (Å²) in [5.74, 6) is -0.303. The van der Waals surface area contributed by atoms with Gasteiger partial charge in [0.1, 0.15) is 19.1 Å². The molecule has 5 heteroatoms. The van der Waals surface area contributed by atoms with Gasteiger partial charge in [0.2, 0.25) is 0 Å². The zero-order valence-corrected chi connectivity index (χ0v) is 7.90. The van der Waals surface area contributed by atoms with Gasteiger partial charge >= 0.3 is 5.97 Å². The van der Waals surface area contributed by atoms with Gasteiger partial charge in [-0.05, 0) is 6.92 Å². The van der Waals surface area contributed by atoms with Crippen LogP contribution in [0.3, 0.4) is 0 Å². The van der Waals surface area contributed by atoms with E-state index < -0.39 is 6.23 Å². The molecule has 1 saturated heterocycles. The van der Waals surface area contributed by atoms with Gasteiger partial charge in [-0.25, -0.2) is 4.90 Å². The highest BCUT2D eigenvalue weighted by Crippen LogP contribution is 2.16. The number of epoxide rings is 1. The first-order valence-corrected chi connectivity index (χ1v) is 4.30. The Labute approximate surface area is 77.2 Å². The zero-order chi connectivity index (χ0) is 9.84. The number of esters is 1. The fraction of sp³-hybridized carbons (Fsp3) is 0.875. The van der Waals surface area contributed by atoms with Gasteiger partial charge in [-0.3, -0.25) is 4.79 Å². The topological polar surface area (TPSA) is 62.3 Å². The molecule has 2 atom stereocenters. The molecule has 1 rings (SSSR count). The van der Waals surface area contributed by atoms with Crippen LogP contribution in [-0.2, 0) is 14.3 Å². The summed E-state index contributed by atoms with van der Waals surface area (Å²) in [6.45, 7) is 4.46. The fourth-order valence-corrected chi connectivity index (χ4v) is 1.10. The van der Waals surface area contributed by atoms with E-state index in [2.05, 4.69) is 0 Å². The third-order valence-corrected chi connectivity index (χ3v) is 1.82. The van der Waals surface area contributed by atoms with E-state index in [4.69, 9.17) is 9.47 Å². The Morgan fingerprint density at radius 2 is 2.46 bits per heavy atom. The van der Waals surface area contributed by atoms with Crippen LogP contribution in [0.4, 0.5) is 0 Å². The van der Waals surface area contributed by atoms with Gasteiger partial charge in [0.15, 0.2) is 0 Å². The molecule has 1 heterocycles. The molecular weight excluding hydrogens is 174 g/mol. The summed E-state index contributed by atoms with van der Waals surface area (Å²) >= 11 is 0. The van der Waals surface area contributed by atoms with Crippen LogP contribution in [0.2, 0.25) is 0 Å². The van der Waals surface area contributed by atoms with E-state index in [1.165, 1.54) is 6.92 Å². The van der Waals surface area contributed by atoms with Crippen molar-refractivity contribution in [3.05, 3.63) is 0 Å². The second-order valence-corrected chi connectivity index (χ2v) is 3.00. The maximum absolute atomic E-state index is 10.4. The molecular formula is C8H15NO4. The Hall–Kier alpha value is -0.650. The number of nitrogens with zero attached hydrogens (tertiary/aromatic N) is 1. The lowest BCUT2D eigenvalue weighted by atomic mass is 10.4. The largest absolute Gasteiger partial charge is 0.465 e. The third-order valence-electron chi connectivity index (χ3n) is 1.82. The second-order valence-electron chi connectivity index (χ2n) is 3.00. The van der Waals surface area contributed by atoms with Crippen molar-refractivity contribution >= 4 is 5.97 Å². The number of ether oxygens (including phenoxy) is 2. The molecule has 0 saturated carbocycles. The van der Waals surface area contributed by atoms with Gasteiger partial charge in [0.05, 0.1) is 6.61 Å². The number of hydrogen-bond donors (Lipinski definition) is 1. The Balaban J connectivity index is 2.18. The van der Waals surface area contributed by atoms with E-state index >= 15 is 0 Å². The highest BCUT2D eigenvalue weighted by atomic mass is 16.6. The van der Waals surface area contributed by atoms with Crippen LogP contribution < -0.4 is 0 Å². The Bertz CT molecular complexity index is 177. The van der Waals surface area contributed by atoms with Crippen molar-refractivity contribution in [2.75, 3.05) is 19.8 Å². The van der Waals surface area contributed by atoms with Crippen LogP contribution in [0.25, 0.3) is 0 Å². The molecule has 0 spiro atoms. The van der Waals surface area contributed by atoms with Gasteiger partial charge in [-0.2, -0.15) is 0 Å². The molecule has 0 radical (unpaired) electrons. The van der Waals surface area contributed by atoms with Crippen molar-refractivity contribution < 1.29 is 19.4 Å². The van der Waals surface area contributed by atoms with Crippen LogP contribution >= 0.6 is 0 Å². The van der Waals surface area contributed by atoms with E-state index in [0.717, 1.165) is 0 Å². The van der Waals surface area contributed by atoms with Crippen molar-refractivity contribution in [3.8, 4) is 0 Å². The van der Waals surface area contributed by atoms with Gasteiger partial charge < -0.3 is 14.6 Å². The molecule has 0 aromatic rings. The minimum absolute atomic E-state index is 0.00411. The lowest BCUT2D eigenvalue weighted by Gasteiger charge is -2.22. The van der Waals surface area contributed by atoms with E-state index in [9.17, 15) is 9.90 Å². The molecule has 0 bridgehead atoms. The second kappa shape index (κ2) is 4.55. The SMILES string of the molecule is CC(=O)OCCN(C(C)O)C1CO1. The van der Waals surface area contributed by atoms with Gasteiger partial charge in [0, 0.05) is 13.5 Å². The van der Waals surface area contributed by atoms with Crippen LogP contribution in [0.15, 0.2) is 0 Å². The van der Waals surface area contributed by atoms with Crippen LogP contribution in [-0.4, -0.2) is 48.2 Å². The van der Waals surface area contributed by atoms with E-state index in [1.54, 1.807) is 11.8 Å². The minimum Gasteiger partial charge on any atom is -0.465 e. The summed E-state index contributed by atoms with van der Waals surface area (Å²) in [4.78, 5) is 12.2. The molecule has 76 valence electrons. The number of rotatable bonds is 5. The van der Waals surface area contributed by atoms with Gasteiger partial charge in [-0.15, -0.1) is 0 Å². The Kier molecular flexibility index (Phi) is 3.65. The zero-order valence-electron chi connectivity index (χ0n) is 7.90. The van der Waals surface area contributed by atoms with E-state index in [-0.39, 0.29) is 12.2 Å². The minimum atomic E-state index is -0.567. The maximum Gasteiger partial charge on any atom is 0.302 e. The standard InChI is InChI=1S/C8H15NO4/c1-6(10)9(8-5-13-8)3-4-12-7(2)11/h6,8,10H,3-5H2,1-2H3. The quantitative estimate of drug-likeness (QED) is 0.360. The fourth-order valence-electron chi connectivity index (χ4n) is 1.10. The molecule has 5 nitrogen and oxygen atoms in total. The number of aliphatic hydroxyl groups is 1. The third kappa shape index (κ3) is 3.71. The average molecular weight is 189 g/mol. The molecule has 1 N–H and O–H groups in total. The number of aliphatic hydroxyl groups excluding tert-OH is 1. The molecule has 13 heavy (non-hydrogen) atoms. The maximum atomic E-state index is 10.4. The van der Waals surface area contributed by atoms with Crippen molar-refractivity contribution in [1.29, 1.82) is 0 Å². The Morgan fingerprint density at radius 3 is 2.85 bits per heavy atom. The molecule has 2 unspecified atom stereocenters. The lowest BCUT2D eigenvalue weighted by Crippen LogP contribution is -2.38. The average Bonchev–Trinajstić information content (AvgIpc) is 2.79. The molecule has 0 aromatic heterocycles. The smallest absolute Gasteiger partial charge is 0.302 e. The lowest BCUT2D eigenvalue weighted by molar-refractivity contribution is -0.142. The number of carbonyl (C=O) groups excluding carboxylic acids is 1. The number of hydrogen-bond acceptors (Lipinski definition) is 5. The predicted molar refractivity (Wildman–Crippen MR) is 44.8 cm³/mol. The van der Waals surface area contributed by atoms with Crippen molar-refractivity contribution in [2.24, 2.45) is 0 Å². The first kappa shape index (κ1) is 10.4. The van der Waals surface area contributed by atoms with Crippen LogP contribution in [0, 0.1) is 0 Å². The predicted octanol–water partition coefficient (Wildman–Crippen LogP) is -0.454. The summed E-state index contributed by atoms with van der Waals surface area (Å²) in [5.41, 5.74) is 0. The monoisotopic (exact) mass is 189 g/mol. The summed E-state index contributed by atoms with van der Waals surface area (Å²) in [6, 6.07) is 0. The summed E-state index contributed by atoms with van der Waals surface area (Å²) in [6.07, 6.45) is -0.571. The first-order chi connectivity index (χ1) is 6.11.